The van der Waals surface area contributed by atoms with E-state index in [0.717, 1.165) is 36.8 Å². The van der Waals surface area contributed by atoms with Crippen molar-refractivity contribution in [3.63, 3.8) is 0 Å². The topological polar surface area (TPSA) is 73.1 Å². The van der Waals surface area contributed by atoms with Crippen molar-refractivity contribution in [3.05, 3.63) is 35.4 Å². The maximum absolute atomic E-state index is 12.5. The van der Waals surface area contributed by atoms with Gasteiger partial charge in [0.05, 0.1) is 12.6 Å². The summed E-state index contributed by atoms with van der Waals surface area (Å²) in [7, 11) is 0. The zero-order valence-electron chi connectivity index (χ0n) is 12.8. The quantitative estimate of drug-likeness (QED) is 0.900. The highest BCUT2D eigenvalue weighted by Crippen LogP contribution is 2.39. The Balaban J connectivity index is 1.74. The molecular formula is C18H22N2O2. The number of aryl methyl sites for hydroxylation is 1. The van der Waals surface area contributed by atoms with Gasteiger partial charge in [0.2, 0.25) is 5.91 Å². The van der Waals surface area contributed by atoms with Gasteiger partial charge in [0.25, 0.3) is 0 Å². The summed E-state index contributed by atoms with van der Waals surface area (Å²) in [5, 5.41) is 23.2. The molecule has 116 valence electrons. The number of hydrogen-bond acceptors (Lipinski definition) is 3. The molecule has 2 aliphatic carbocycles. The maximum Gasteiger partial charge on any atom is 0.240 e. The van der Waals surface area contributed by atoms with Gasteiger partial charge in [-0.3, -0.25) is 4.79 Å². The number of nitrogens with zero attached hydrogens (tertiary/aromatic N) is 1. The molecule has 4 nitrogen and oxygen atoms in total. The van der Waals surface area contributed by atoms with Gasteiger partial charge < -0.3 is 10.4 Å². The number of rotatable bonds is 3. The third kappa shape index (κ3) is 2.50. The lowest BCUT2D eigenvalue weighted by Crippen LogP contribution is -2.47. The van der Waals surface area contributed by atoms with Crippen LogP contribution in [0.2, 0.25) is 0 Å². The standard InChI is InChI=1S/C18H22N2O2/c19-12-17(9-3-4-10-17)16(21)20-13-18(22)11-5-7-14-6-1-2-8-15(14)18/h1-2,6,8,22H,3-5,7,9-11,13H2,(H,20,21). The number of aliphatic hydroxyl groups is 1. The van der Waals surface area contributed by atoms with Crippen LogP contribution >= 0.6 is 0 Å². The molecule has 1 saturated carbocycles. The van der Waals surface area contributed by atoms with E-state index in [1.807, 2.05) is 24.3 Å². The molecule has 0 heterocycles. The van der Waals surface area contributed by atoms with E-state index in [9.17, 15) is 15.2 Å². The molecule has 1 unspecified atom stereocenters. The third-order valence-corrected chi connectivity index (χ3v) is 5.20. The van der Waals surface area contributed by atoms with Gasteiger partial charge in [-0.05, 0) is 43.2 Å². The summed E-state index contributed by atoms with van der Waals surface area (Å²) in [6.45, 7) is 0.187. The van der Waals surface area contributed by atoms with E-state index in [0.29, 0.717) is 19.3 Å². The minimum Gasteiger partial charge on any atom is -0.383 e. The molecule has 0 spiro atoms. The highest BCUT2D eigenvalue weighted by molar-refractivity contribution is 5.85. The fourth-order valence-electron chi connectivity index (χ4n) is 3.85. The molecular weight excluding hydrogens is 276 g/mol. The first-order valence-electron chi connectivity index (χ1n) is 8.10. The molecule has 1 fully saturated rings. The number of nitriles is 1. The first-order valence-corrected chi connectivity index (χ1v) is 8.10. The number of benzene rings is 1. The average Bonchev–Trinajstić information content (AvgIpc) is 3.03. The number of amides is 1. The van der Waals surface area contributed by atoms with Crippen LogP contribution < -0.4 is 5.32 Å². The van der Waals surface area contributed by atoms with Gasteiger partial charge in [-0.1, -0.05) is 37.1 Å². The normalized spacial score (nSPS) is 26.0. The Morgan fingerprint density at radius 1 is 1.23 bits per heavy atom. The average molecular weight is 298 g/mol. The number of hydrogen-bond donors (Lipinski definition) is 2. The second kappa shape index (κ2) is 5.73. The first-order chi connectivity index (χ1) is 10.6. The number of nitrogens with one attached hydrogen (secondary N) is 1. The van der Waals surface area contributed by atoms with Crippen molar-refractivity contribution in [3.8, 4) is 6.07 Å². The van der Waals surface area contributed by atoms with Crippen LogP contribution in [0, 0.1) is 16.7 Å². The fraction of sp³-hybridized carbons (Fsp3) is 0.556. The lowest BCUT2D eigenvalue weighted by atomic mass is 9.78. The number of carbonyl (C=O) groups is 1. The number of fused-ring (bicyclic) bond motifs is 1. The summed E-state index contributed by atoms with van der Waals surface area (Å²) < 4.78 is 0. The third-order valence-electron chi connectivity index (χ3n) is 5.20. The number of carbonyl (C=O) groups excluding carboxylic acids is 1. The molecule has 0 aliphatic heterocycles. The van der Waals surface area contributed by atoms with Gasteiger partial charge in [-0.15, -0.1) is 0 Å². The first kappa shape index (κ1) is 15.1. The van der Waals surface area contributed by atoms with Crippen LogP contribution in [-0.4, -0.2) is 17.6 Å². The molecule has 1 aromatic rings. The molecule has 0 bridgehead atoms. The minimum atomic E-state index is -1.01. The fourth-order valence-corrected chi connectivity index (χ4v) is 3.85. The van der Waals surface area contributed by atoms with E-state index in [-0.39, 0.29) is 12.5 Å². The Morgan fingerprint density at radius 3 is 2.68 bits per heavy atom. The molecule has 0 aromatic heterocycles. The second-order valence-corrected chi connectivity index (χ2v) is 6.63. The minimum absolute atomic E-state index is 0.187. The summed E-state index contributed by atoms with van der Waals surface area (Å²) in [6.07, 6.45) is 5.63. The Hall–Kier alpha value is -1.86. The molecule has 2 aliphatic rings. The predicted molar refractivity (Wildman–Crippen MR) is 82.8 cm³/mol. The summed E-state index contributed by atoms with van der Waals surface area (Å²) >= 11 is 0. The van der Waals surface area contributed by atoms with Gasteiger partial charge in [-0.25, -0.2) is 0 Å². The second-order valence-electron chi connectivity index (χ2n) is 6.63. The molecule has 0 saturated heterocycles. The zero-order valence-corrected chi connectivity index (χ0v) is 12.8. The van der Waals surface area contributed by atoms with Gasteiger partial charge in [0.15, 0.2) is 0 Å². The van der Waals surface area contributed by atoms with Crippen LogP contribution in [0.25, 0.3) is 0 Å². The Bertz CT molecular complexity index is 614. The summed E-state index contributed by atoms with van der Waals surface area (Å²) in [5.41, 5.74) is 0.171. The lowest BCUT2D eigenvalue weighted by molar-refractivity contribution is -0.129. The van der Waals surface area contributed by atoms with Crippen molar-refractivity contribution >= 4 is 5.91 Å². The largest absolute Gasteiger partial charge is 0.383 e. The Labute approximate surface area is 131 Å². The van der Waals surface area contributed by atoms with Crippen LogP contribution in [0.15, 0.2) is 24.3 Å². The van der Waals surface area contributed by atoms with Gasteiger partial charge in [-0.2, -0.15) is 5.26 Å². The molecule has 2 N–H and O–H groups in total. The van der Waals surface area contributed by atoms with Crippen molar-refractivity contribution in [2.75, 3.05) is 6.54 Å². The highest BCUT2D eigenvalue weighted by atomic mass is 16.3. The van der Waals surface area contributed by atoms with Crippen LogP contribution in [0.5, 0.6) is 0 Å². The summed E-state index contributed by atoms with van der Waals surface area (Å²) in [5.74, 6) is -0.219. The molecule has 1 amide bonds. The van der Waals surface area contributed by atoms with E-state index < -0.39 is 11.0 Å². The predicted octanol–water partition coefficient (Wildman–Crippen LogP) is 2.41. The van der Waals surface area contributed by atoms with Crippen molar-refractivity contribution < 1.29 is 9.90 Å². The van der Waals surface area contributed by atoms with E-state index in [4.69, 9.17) is 0 Å². The molecule has 3 rings (SSSR count). The molecule has 1 atom stereocenters. The van der Waals surface area contributed by atoms with Crippen LogP contribution in [0.1, 0.15) is 49.7 Å². The smallest absolute Gasteiger partial charge is 0.240 e. The van der Waals surface area contributed by atoms with Crippen LogP contribution in [0.4, 0.5) is 0 Å². The zero-order chi connectivity index (χ0) is 15.6. The molecule has 4 heteroatoms. The van der Waals surface area contributed by atoms with Crippen molar-refractivity contribution in [1.29, 1.82) is 5.26 Å². The van der Waals surface area contributed by atoms with Crippen molar-refractivity contribution in [1.82, 2.24) is 5.32 Å². The summed E-state index contributed by atoms with van der Waals surface area (Å²) in [6, 6.07) is 10.1. The SMILES string of the molecule is N#CC1(C(=O)NCC2(O)CCCc3ccccc32)CCCC1. The molecule has 22 heavy (non-hydrogen) atoms. The lowest BCUT2D eigenvalue weighted by Gasteiger charge is -2.35. The Morgan fingerprint density at radius 2 is 1.95 bits per heavy atom. The molecule has 0 radical (unpaired) electrons. The highest BCUT2D eigenvalue weighted by Gasteiger charge is 2.43. The monoisotopic (exact) mass is 298 g/mol. The van der Waals surface area contributed by atoms with Crippen LogP contribution in [0.3, 0.4) is 0 Å². The van der Waals surface area contributed by atoms with E-state index in [1.54, 1.807) is 0 Å². The maximum atomic E-state index is 12.5. The summed E-state index contributed by atoms with van der Waals surface area (Å²) in [4.78, 5) is 12.5. The van der Waals surface area contributed by atoms with E-state index >= 15 is 0 Å². The Kier molecular flexibility index (Phi) is 3.92. The van der Waals surface area contributed by atoms with Gasteiger partial charge in [0, 0.05) is 0 Å². The van der Waals surface area contributed by atoms with E-state index in [2.05, 4.69) is 11.4 Å². The van der Waals surface area contributed by atoms with Crippen LogP contribution in [-0.2, 0) is 16.8 Å². The van der Waals surface area contributed by atoms with Gasteiger partial charge >= 0.3 is 0 Å². The molecule has 1 aromatic carbocycles. The van der Waals surface area contributed by atoms with Gasteiger partial charge in [0.1, 0.15) is 11.0 Å². The van der Waals surface area contributed by atoms with Crippen molar-refractivity contribution in [2.45, 2.75) is 50.5 Å². The van der Waals surface area contributed by atoms with E-state index in [1.165, 1.54) is 0 Å². The van der Waals surface area contributed by atoms with Crippen molar-refractivity contribution in [2.24, 2.45) is 5.41 Å².